The second kappa shape index (κ2) is 6.42. The molecule has 3 heteroatoms. The number of nitrogens with one attached hydrogen (secondary N) is 2. The number of hydrogen-bond acceptors (Lipinski definition) is 2. The minimum Gasteiger partial charge on any atom is -0.325 e. The van der Waals surface area contributed by atoms with Crippen molar-refractivity contribution in [1.82, 2.24) is 5.32 Å². The van der Waals surface area contributed by atoms with E-state index in [2.05, 4.69) is 24.5 Å². The topological polar surface area (TPSA) is 41.1 Å². The van der Waals surface area contributed by atoms with Crippen LogP contribution in [0.2, 0.25) is 0 Å². The number of aryl methyl sites for hydroxylation is 1. The molecular formula is C22H32N2O. The first-order valence-corrected chi connectivity index (χ1v) is 10.1. The van der Waals surface area contributed by atoms with Gasteiger partial charge in [0.15, 0.2) is 0 Å². The molecule has 0 aromatic heterocycles. The first-order chi connectivity index (χ1) is 11.9. The summed E-state index contributed by atoms with van der Waals surface area (Å²) in [7, 11) is 0. The van der Waals surface area contributed by atoms with Crippen LogP contribution in [-0.4, -0.2) is 18.0 Å². The van der Waals surface area contributed by atoms with E-state index in [1.54, 1.807) is 0 Å². The lowest BCUT2D eigenvalue weighted by Crippen LogP contribution is -2.57. The van der Waals surface area contributed by atoms with Crippen LogP contribution >= 0.6 is 0 Å². The molecule has 3 nitrogen and oxygen atoms in total. The van der Waals surface area contributed by atoms with Gasteiger partial charge in [0.1, 0.15) is 0 Å². The molecule has 1 aromatic carbocycles. The van der Waals surface area contributed by atoms with Crippen molar-refractivity contribution in [3.8, 4) is 0 Å². The maximum Gasteiger partial charge on any atom is 0.241 e. The van der Waals surface area contributed by atoms with Crippen molar-refractivity contribution in [2.75, 3.05) is 5.32 Å². The molecule has 0 spiro atoms. The Bertz CT molecular complexity index is 601. The van der Waals surface area contributed by atoms with E-state index in [-0.39, 0.29) is 11.9 Å². The zero-order chi connectivity index (χ0) is 17.6. The molecule has 4 saturated carbocycles. The highest BCUT2D eigenvalue weighted by atomic mass is 16.2. The number of benzene rings is 1. The third kappa shape index (κ3) is 3.36. The molecule has 0 saturated heterocycles. The van der Waals surface area contributed by atoms with E-state index in [1.165, 1.54) is 44.1 Å². The van der Waals surface area contributed by atoms with Gasteiger partial charge in [-0.25, -0.2) is 0 Å². The normalized spacial score (nSPS) is 35.4. The number of hydrogen-bond donors (Lipinski definition) is 2. The molecule has 0 unspecified atom stereocenters. The SMILES string of the molecule is Cc1ccc(NC(=O)[C@@H](C)N[C@H](C)C23CC4CC(CC(C4)C2)C3)cc1. The van der Waals surface area contributed by atoms with Gasteiger partial charge in [-0.05, 0) is 94.6 Å². The van der Waals surface area contributed by atoms with E-state index >= 15 is 0 Å². The van der Waals surface area contributed by atoms with E-state index in [0.29, 0.717) is 11.5 Å². The number of amides is 1. The lowest BCUT2D eigenvalue weighted by Gasteiger charge is -2.59. The summed E-state index contributed by atoms with van der Waals surface area (Å²) in [6.07, 6.45) is 8.53. The number of anilines is 1. The third-order valence-electron chi connectivity index (χ3n) is 7.22. The van der Waals surface area contributed by atoms with Crippen molar-refractivity contribution < 1.29 is 4.79 Å². The number of carbonyl (C=O) groups is 1. The summed E-state index contributed by atoms with van der Waals surface area (Å²) < 4.78 is 0. The van der Waals surface area contributed by atoms with Gasteiger partial charge in [0, 0.05) is 11.7 Å². The molecule has 1 amide bonds. The molecule has 0 radical (unpaired) electrons. The molecule has 2 N–H and O–H groups in total. The fourth-order valence-electron chi connectivity index (χ4n) is 6.22. The van der Waals surface area contributed by atoms with Gasteiger partial charge in [-0.1, -0.05) is 17.7 Å². The summed E-state index contributed by atoms with van der Waals surface area (Å²) in [5, 5.41) is 6.70. The van der Waals surface area contributed by atoms with Gasteiger partial charge in [-0.2, -0.15) is 0 Å². The highest BCUT2D eigenvalue weighted by Gasteiger charge is 2.53. The van der Waals surface area contributed by atoms with Crippen LogP contribution in [0.3, 0.4) is 0 Å². The van der Waals surface area contributed by atoms with Crippen LogP contribution in [0.4, 0.5) is 5.69 Å². The first kappa shape index (κ1) is 17.1. The van der Waals surface area contributed by atoms with Gasteiger partial charge < -0.3 is 10.6 Å². The summed E-state index contributed by atoms with van der Waals surface area (Å²) in [6, 6.07) is 8.27. The standard InChI is InChI=1S/C22H32N2O/c1-14-4-6-20(7-5-14)24-21(25)15(2)23-16(3)22-11-17-8-18(12-22)10-19(9-17)13-22/h4-7,15-19,23H,8-13H2,1-3H3,(H,24,25)/t15-,16-,17?,18?,19?,22?/m1/s1. The Morgan fingerprint density at radius 2 is 1.52 bits per heavy atom. The van der Waals surface area contributed by atoms with Gasteiger partial charge in [-0.15, -0.1) is 0 Å². The van der Waals surface area contributed by atoms with Crippen molar-refractivity contribution in [3.05, 3.63) is 29.8 Å². The molecule has 1 aromatic rings. The van der Waals surface area contributed by atoms with Crippen molar-refractivity contribution >= 4 is 11.6 Å². The fraction of sp³-hybridized carbons (Fsp3) is 0.682. The summed E-state index contributed by atoms with van der Waals surface area (Å²) >= 11 is 0. The maximum absolute atomic E-state index is 12.6. The lowest BCUT2D eigenvalue weighted by atomic mass is 9.48. The van der Waals surface area contributed by atoms with Crippen LogP contribution in [0.15, 0.2) is 24.3 Å². The van der Waals surface area contributed by atoms with Crippen molar-refractivity contribution in [2.45, 2.75) is 71.4 Å². The Morgan fingerprint density at radius 1 is 1.00 bits per heavy atom. The Labute approximate surface area is 152 Å². The predicted octanol–water partition coefficient (Wildman–Crippen LogP) is 4.52. The summed E-state index contributed by atoms with van der Waals surface area (Å²) in [4.78, 5) is 12.6. The molecule has 136 valence electrons. The quantitative estimate of drug-likeness (QED) is 0.827. The first-order valence-electron chi connectivity index (χ1n) is 10.1. The largest absolute Gasteiger partial charge is 0.325 e. The summed E-state index contributed by atoms with van der Waals surface area (Å²) in [5.41, 5.74) is 2.53. The van der Waals surface area contributed by atoms with Crippen LogP contribution < -0.4 is 10.6 Å². The van der Waals surface area contributed by atoms with Gasteiger partial charge >= 0.3 is 0 Å². The number of carbonyl (C=O) groups excluding carboxylic acids is 1. The molecule has 5 rings (SSSR count). The second-order valence-corrected chi connectivity index (χ2v) is 9.25. The molecule has 4 bridgehead atoms. The van der Waals surface area contributed by atoms with Crippen molar-refractivity contribution in [2.24, 2.45) is 23.2 Å². The minimum atomic E-state index is -0.163. The highest BCUT2D eigenvalue weighted by molar-refractivity contribution is 5.94. The molecule has 4 aliphatic carbocycles. The minimum absolute atomic E-state index is 0.0698. The van der Waals surface area contributed by atoms with Crippen LogP contribution in [0, 0.1) is 30.1 Å². The molecule has 2 atom stereocenters. The van der Waals surface area contributed by atoms with E-state index in [4.69, 9.17) is 0 Å². The van der Waals surface area contributed by atoms with Gasteiger partial charge in [0.25, 0.3) is 0 Å². The second-order valence-electron chi connectivity index (χ2n) is 9.25. The Kier molecular flexibility index (Phi) is 4.39. The molecule has 0 aliphatic heterocycles. The van der Waals surface area contributed by atoms with E-state index in [0.717, 1.165) is 23.4 Å². The van der Waals surface area contributed by atoms with Crippen molar-refractivity contribution in [3.63, 3.8) is 0 Å². The van der Waals surface area contributed by atoms with Crippen LogP contribution in [-0.2, 0) is 4.79 Å². The fourth-order valence-corrected chi connectivity index (χ4v) is 6.22. The number of rotatable bonds is 5. The van der Waals surface area contributed by atoms with Gasteiger partial charge in [0.05, 0.1) is 6.04 Å². The van der Waals surface area contributed by atoms with Crippen LogP contribution in [0.5, 0.6) is 0 Å². The molecule has 25 heavy (non-hydrogen) atoms. The average Bonchev–Trinajstić information content (AvgIpc) is 2.55. The molecular weight excluding hydrogens is 308 g/mol. The van der Waals surface area contributed by atoms with Crippen LogP contribution in [0.1, 0.15) is 57.9 Å². The van der Waals surface area contributed by atoms with Crippen LogP contribution in [0.25, 0.3) is 0 Å². The Hall–Kier alpha value is -1.35. The third-order valence-corrected chi connectivity index (χ3v) is 7.22. The predicted molar refractivity (Wildman–Crippen MR) is 102 cm³/mol. The van der Waals surface area contributed by atoms with E-state index in [1.807, 2.05) is 31.2 Å². The molecule has 4 aliphatic rings. The average molecular weight is 341 g/mol. The zero-order valence-corrected chi connectivity index (χ0v) is 15.8. The van der Waals surface area contributed by atoms with E-state index < -0.39 is 0 Å². The Balaban J connectivity index is 1.37. The molecule has 0 heterocycles. The highest BCUT2D eigenvalue weighted by Crippen LogP contribution is 2.61. The summed E-state index contributed by atoms with van der Waals surface area (Å²) in [5.74, 6) is 2.92. The van der Waals surface area contributed by atoms with Crippen molar-refractivity contribution in [1.29, 1.82) is 0 Å². The monoisotopic (exact) mass is 340 g/mol. The zero-order valence-electron chi connectivity index (χ0n) is 15.8. The molecule has 4 fully saturated rings. The lowest BCUT2D eigenvalue weighted by molar-refractivity contribution is -0.119. The maximum atomic E-state index is 12.6. The van der Waals surface area contributed by atoms with Gasteiger partial charge in [0.2, 0.25) is 5.91 Å². The van der Waals surface area contributed by atoms with Gasteiger partial charge in [-0.3, -0.25) is 4.79 Å². The van der Waals surface area contributed by atoms with E-state index in [9.17, 15) is 4.79 Å². The summed E-state index contributed by atoms with van der Waals surface area (Å²) in [6.45, 7) is 6.38. The Morgan fingerprint density at radius 3 is 2.04 bits per heavy atom. The smallest absolute Gasteiger partial charge is 0.241 e.